The first-order valence-electron chi connectivity index (χ1n) is 9.74. The highest BCUT2D eigenvalue weighted by molar-refractivity contribution is 7.07. The third kappa shape index (κ3) is 5.24. The molecule has 0 saturated carbocycles. The van der Waals surface area contributed by atoms with Crippen LogP contribution < -0.4 is 19.0 Å². The van der Waals surface area contributed by atoms with Gasteiger partial charge in [0.15, 0.2) is 11.5 Å². The van der Waals surface area contributed by atoms with Crippen LogP contribution in [0.25, 0.3) is 11.3 Å². The van der Waals surface area contributed by atoms with Crippen molar-refractivity contribution in [1.82, 2.24) is 4.68 Å². The second-order valence-corrected chi connectivity index (χ2v) is 7.81. The maximum atomic E-state index is 5.44. The summed E-state index contributed by atoms with van der Waals surface area (Å²) in [5.41, 5.74) is 4.73. The van der Waals surface area contributed by atoms with Gasteiger partial charge in [-0.15, -0.1) is 11.3 Å². The Hall–Kier alpha value is -3.32. The number of benzene rings is 2. The highest BCUT2D eigenvalue weighted by Gasteiger charge is 2.11. The zero-order valence-corrected chi connectivity index (χ0v) is 19.3. The van der Waals surface area contributed by atoms with Gasteiger partial charge in [0.05, 0.1) is 39.3 Å². The van der Waals surface area contributed by atoms with E-state index in [-0.39, 0.29) is 0 Å². The predicted molar refractivity (Wildman–Crippen MR) is 127 cm³/mol. The van der Waals surface area contributed by atoms with Crippen molar-refractivity contribution < 1.29 is 14.2 Å². The molecule has 0 N–H and O–H groups in total. The van der Waals surface area contributed by atoms with Crippen molar-refractivity contribution in [3.8, 4) is 28.5 Å². The van der Waals surface area contributed by atoms with Crippen molar-refractivity contribution in [3.05, 3.63) is 70.4 Å². The Kier molecular flexibility index (Phi) is 7.31. The molecule has 162 valence electrons. The molecule has 3 rings (SSSR count). The second kappa shape index (κ2) is 10.1. The lowest BCUT2D eigenvalue weighted by atomic mass is 10.1. The van der Waals surface area contributed by atoms with Crippen LogP contribution >= 0.6 is 11.3 Å². The van der Waals surface area contributed by atoms with Crippen LogP contribution in [0.1, 0.15) is 19.4 Å². The van der Waals surface area contributed by atoms with Crippen molar-refractivity contribution in [2.75, 3.05) is 27.9 Å². The molecule has 0 saturated heterocycles. The molecule has 6 nitrogen and oxygen atoms in total. The van der Waals surface area contributed by atoms with Gasteiger partial charge in [0.2, 0.25) is 4.80 Å². The van der Waals surface area contributed by atoms with E-state index in [1.165, 1.54) is 0 Å². The van der Waals surface area contributed by atoms with Crippen LogP contribution in [0.2, 0.25) is 0 Å². The summed E-state index contributed by atoms with van der Waals surface area (Å²) in [6.07, 6.45) is 0. The van der Waals surface area contributed by atoms with Crippen LogP contribution in [-0.2, 0) is 0 Å². The summed E-state index contributed by atoms with van der Waals surface area (Å²) < 4.78 is 17.9. The average Bonchev–Trinajstić information content (AvgIpc) is 3.19. The summed E-state index contributed by atoms with van der Waals surface area (Å²) in [6.45, 7) is 8.43. The molecule has 31 heavy (non-hydrogen) atoms. The molecule has 0 bridgehead atoms. The molecule has 1 aromatic heterocycles. The zero-order chi connectivity index (χ0) is 22.4. The number of methoxy groups -OCH3 is 3. The minimum atomic E-state index is 0.549. The molecule has 2 aromatic carbocycles. The van der Waals surface area contributed by atoms with Gasteiger partial charge >= 0.3 is 0 Å². The van der Waals surface area contributed by atoms with Gasteiger partial charge in [-0.25, -0.2) is 4.68 Å². The fraction of sp³-hybridized carbons (Fsp3) is 0.250. The first-order chi connectivity index (χ1) is 15.0. The minimum Gasteiger partial charge on any atom is -0.497 e. The smallest absolute Gasteiger partial charge is 0.206 e. The summed E-state index contributed by atoms with van der Waals surface area (Å²) in [7, 11) is 4.90. The highest BCUT2D eigenvalue weighted by atomic mass is 32.1. The van der Waals surface area contributed by atoms with E-state index >= 15 is 0 Å². The summed E-state index contributed by atoms with van der Waals surface area (Å²) >= 11 is 1.55. The lowest BCUT2D eigenvalue weighted by Gasteiger charge is -2.10. The van der Waals surface area contributed by atoms with Gasteiger partial charge in [-0.3, -0.25) is 4.99 Å². The monoisotopic (exact) mass is 437 g/mol. The molecule has 1 heterocycles. The van der Waals surface area contributed by atoms with E-state index in [0.717, 1.165) is 38.7 Å². The van der Waals surface area contributed by atoms with E-state index in [9.17, 15) is 0 Å². The average molecular weight is 438 g/mol. The van der Waals surface area contributed by atoms with Gasteiger partial charge in [0.25, 0.3) is 0 Å². The Morgan fingerprint density at radius 1 is 0.968 bits per heavy atom. The van der Waals surface area contributed by atoms with Crippen molar-refractivity contribution in [2.45, 2.75) is 13.8 Å². The molecular weight excluding hydrogens is 410 g/mol. The Bertz CT molecular complexity index is 1160. The molecule has 0 aliphatic rings. The molecule has 0 spiro atoms. The van der Waals surface area contributed by atoms with E-state index in [4.69, 9.17) is 24.3 Å². The number of aromatic nitrogens is 1. The summed E-state index contributed by atoms with van der Waals surface area (Å²) in [5, 5.41) is 6.97. The van der Waals surface area contributed by atoms with E-state index in [0.29, 0.717) is 18.0 Å². The number of thiazole rings is 1. The number of nitrogens with zero attached hydrogens (tertiary/aromatic N) is 3. The van der Waals surface area contributed by atoms with Gasteiger partial charge in [-0.2, -0.15) is 5.10 Å². The summed E-state index contributed by atoms with van der Waals surface area (Å²) in [4.78, 5) is 5.50. The van der Waals surface area contributed by atoms with Crippen LogP contribution in [0.4, 0.5) is 0 Å². The molecule has 3 aromatic rings. The molecule has 0 atom stereocenters. The predicted octanol–water partition coefficient (Wildman–Crippen LogP) is 4.99. The van der Waals surface area contributed by atoms with Crippen molar-refractivity contribution >= 4 is 17.0 Å². The first-order valence-corrected chi connectivity index (χ1v) is 10.6. The van der Waals surface area contributed by atoms with Gasteiger partial charge in [0.1, 0.15) is 5.75 Å². The van der Waals surface area contributed by atoms with E-state index in [2.05, 4.69) is 12.0 Å². The standard InChI is InChI=1S/C24H27N3O3S/c1-16(2)14-25-24-27(21(15-31-24)18-7-10-20(28-4)11-8-18)26-17(3)19-9-12-22(29-5)23(13-19)30-6/h7-13,15H,1,14H2,2-6H3. The summed E-state index contributed by atoms with van der Waals surface area (Å²) in [5.74, 6) is 2.15. The topological polar surface area (TPSA) is 57.3 Å². The maximum Gasteiger partial charge on any atom is 0.206 e. The van der Waals surface area contributed by atoms with E-state index < -0.39 is 0 Å². The van der Waals surface area contributed by atoms with Gasteiger partial charge in [-0.05, 0) is 56.3 Å². The largest absolute Gasteiger partial charge is 0.497 e. The normalized spacial score (nSPS) is 12.0. The summed E-state index contributed by atoms with van der Waals surface area (Å²) in [6, 6.07) is 13.7. The van der Waals surface area contributed by atoms with E-state index in [1.54, 1.807) is 32.7 Å². The highest BCUT2D eigenvalue weighted by Crippen LogP contribution is 2.28. The van der Waals surface area contributed by atoms with E-state index in [1.807, 2.05) is 61.0 Å². The molecule has 0 aliphatic carbocycles. The quantitative estimate of drug-likeness (QED) is 0.368. The Morgan fingerprint density at radius 3 is 2.29 bits per heavy atom. The lowest BCUT2D eigenvalue weighted by molar-refractivity contribution is 0.355. The molecule has 0 aliphatic heterocycles. The molecule has 0 amide bonds. The fourth-order valence-electron chi connectivity index (χ4n) is 2.94. The lowest BCUT2D eigenvalue weighted by Crippen LogP contribution is -2.15. The fourth-order valence-corrected chi connectivity index (χ4v) is 3.77. The Morgan fingerprint density at radius 2 is 1.68 bits per heavy atom. The van der Waals surface area contributed by atoms with Gasteiger partial charge < -0.3 is 14.2 Å². The number of ether oxygens (including phenoxy) is 3. The van der Waals surface area contributed by atoms with Crippen LogP contribution in [-0.4, -0.2) is 38.3 Å². The Labute approximate surface area is 186 Å². The number of rotatable bonds is 8. The van der Waals surface area contributed by atoms with Crippen LogP contribution in [0.3, 0.4) is 0 Å². The molecule has 7 heteroatoms. The van der Waals surface area contributed by atoms with Crippen LogP contribution in [0, 0.1) is 0 Å². The SMILES string of the molecule is C=C(C)CN=c1scc(-c2ccc(OC)cc2)n1N=C(C)c1ccc(OC)c(OC)c1. The number of hydrogen-bond donors (Lipinski definition) is 0. The van der Waals surface area contributed by atoms with Crippen LogP contribution in [0.5, 0.6) is 17.2 Å². The first kappa shape index (κ1) is 22.4. The Balaban J connectivity index is 2.11. The van der Waals surface area contributed by atoms with Crippen molar-refractivity contribution in [2.24, 2.45) is 10.1 Å². The van der Waals surface area contributed by atoms with Gasteiger partial charge in [0, 0.05) is 16.5 Å². The van der Waals surface area contributed by atoms with Crippen molar-refractivity contribution in [1.29, 1.82) is 0 Å². The molecule has 0 radical (unpaired) electrons. The maximum absolute atomic E-state index is 5.44. The van der Waals surface area contributed by atoms with Gasteiger partial charge in [-0.1, -0.05) is 12.2 Å². The number of hydrogen-bond acceptors (Lipinski definition) is 6. The van der Waals surface area contributed by atoms with Crippen LogP contribution in [0.15, 0.2) is 70.1 Å². The molecule has 0 fully saturated rings. The zero-order valence-electron chi connectivity index (χ0n) is 18.5. The third-order valence-corrected chi connectivity index (χ3v) is 5.46. The molecule has 0 unspecified atom stereocenters. The molecular formula is C24H27N3O3S. The van der Waals surface area contributed by atoms with Crippen molar-refractivity contribution in [3.63, 3.8) is 0 Å². The third-order valence-electron chi connectivity index (χ3n) is 4.61. The second-order valence-electron chi connectivity index (χ2n) is 6.97. The minimum absolute atomic E-state index is 0.549.